The summed E-state index contributed by atoms with van der Waals surface area (Å²) in [5, 5.41) is 1.76. The summed E-state index contributed by atoms with van der Waals surface area (Å²) in [5.41, 5.74) is 0. The summed E-state index contributed by atoms with van der Waals surface area (Å²) in [7, 11) is 2.74. The fraction of sp³-hybridized carbons (Fsp3) is 0.867. The standard InChI is InChI=1S/C15H24ClNO5/c1-20-13(18)7-8-17-14(10-5-3-4-6-12(10)16)11(9-22-17)15(19)21-2/h10-12,14H,3-9H2,1-2H3/t10?,11-,12?,14-/m0/s1. The largest absolute Gasteiger partial charge is 0.469 e. The van der Waals surface area contributed by atoms with Crippen molar-refractivity contribution >= 4 is 23.5 Å². The summed E-state index contributed by atoms with van der Waals surface area (Å²) in [6.45, 7) is 0.670. The molecule has 1 heterocycles. The van der Waals surface area contributed by atoms with Crippen LogP contribution in [0.15, 0.2) is 0 Å². The van der Waals surface area contributed by atoms with Gasteiger partial charge in [0.2, 0.25) is 0 Å². The number of hydrogen-bond acceptors (Lipinski definition) is 6. The molecule has 0 radical (unpaired) electrons. The van der Waals surface area contributed by atoms with E-state index in [0.717, 1.165) is 25.7 Å². The van der Waals surface area contributed by atoms with Crippen LogP contribution in [0.5, 0.6) is 0 Å². The Morgan fingerprint density at radius 2 is 1.95 bits per heavy atom. The van der Waals surface area contributed by atoms with E-state index in [0.29, 0.717) is 6.54 Å². The third-order valence-corrected chi connectivity index (χ3v) is 5.15. The molecule has 2 rings (SSSR count). The van der Waals surface area contributed by atoms with Gasteiger partial charge >= 0.3 is 11.9 Å². The first kappa shape index (κ1) is 17.5. The minimum atomic E-state index is -0.355. The second-order valence-electron chi connectivity index (χ2n) is 5.85. The monoisotopic (exact) mass is 333 g/mol. The lowest BCUT2D eigenvalue weighted by Crippen LogP contribution is -2.46. The number of carbonyl (C=O) groups excluding carboxylic acids is 2. The molecule has 1 aliphatic heterocycles. The fourth-order valence-electron chi connectivity index (χ4n) is 3.45. The molecule has 1 saturated carbocycles. The van der Waals surface area contributed by atoms with Crippen molar-refractivity contribution in [1.29, 1.82) is 0 Å². The van der Waals surface area contributed by atoms with Crippen molar-refractivity contribution in [1.82, 2.24) is 5.06 Å². The number of rotatable bonds is 5. The molecule has 0 bridgehead atoms. The van der Waals surface area contributed by atoms with Crippen LogP contribution < -0.4 is 0 Å². The Kier molecular flexibility index (Phi) is 6.47. The molecule has 1 aliphatic carbocycles. The second-order valence-corrected chi connectivity index (χ2v) is 6.41. The fourth-order valence-corrected chi connectivity index (χ4v) is 3.88. The lowest BCUT2D eigenvalue weighted by atomic mass is 9.78. The number of hydroxylamine groups is 2. The van der Waals surface area contributed by atoms with Crippen LogP contribution in [0.25, 0.3) is 0 Å². The average molecular weight is 334 g/mol. The first-order valence-corrected chi connectivity index (χ1v) is 8.20. The number of nitrogens with zero attached hydrogens (tertiary/aromatic N) is 1. The molecule has 4 atom stereocenters. The maximum absolute atomic E-state index is 12.1. The second kappa shape index (κ2) is 8.13. The number of carbonyl (C=O) groups is 2. The van der Waals surface area contributed by atoms with E-state index in [4.69, 9.17) is 21.2 Å². The third kappa shape index (κ3) is 3.91. The predicted octanol–water partition coefficient (Wildman–Crippen LogP) is 1.75. The van der Waals surface area contributed by atoms with Gasteiger partial charge in [0.25, 0.3) is 0 Å². The molecule has 2 fully saturated rings. The first-order chi connectivity index (χ1) is 10.6. The molecule has 2 aliphatic rings. The van der Waals surface area contributed by atoms with Crippen LogP contribution in [-0.2, 0) is 23.9 Å². The summed E-state index contributed by atoms with van der Waals surface area (Å²) in [5.74, 6) is -0.762. The van der Waals surface area contributed by atoms with Crippen LogP contribution in [-0.4, -0.2) is 55.8 Å². The molecule has 7 heteroatoms. The molecule has 0 N–H and O–H groups in total. The number of methoxy groups -OCH3 is 2. The molecule has 0 amide bonds. The highest BCUT2D eigenvalue weighted by Gasteiger charge is 2.47. The van der Waals surface area contributed by atoms with Gasteiger partial charge < -0.3 is 9.47 Å². The zero-order chi connectivity index (χ0) is 16.1. The molecular formula is C15H24ClNO5. The number of halogens is 1. The van der Waals surface area contributed by atoms with Crippen molar-refractivity contribution in [2.24, 2.45) is 11.8 Å². The summed E-state index contributed by atoms with van der Waals surface area (Å²) in [6, 6.07) is -0.139. The SMILES string of the molecule is COC(=O)CCN1OC[C@H](C(=O)OC)[C@@H]1C1CCCCC1Cl. The van der Waals surface area contributed by atoms with Crippen LogP contribution in [0.1, 0.15) is 32.1 Å². The Bertz CT molecular complexity index is 405. The molecule has 2 unspecified atom stereocenters. The van der Waals surface area contributed by atoms with Crippen molar-refractivity contribution in [2.75, 3.05) is 27.4 Å². The van der Waals surface area contributed by atoms with Crippen molar-refractivity contribution in [3.8, 4) is 0 Å². The molecule has 0 aromatic rings. The van der Waals surface area contributed by atoms with E-state index in [1.165, 1.54) is 14.2 Å². The smallest absolute Gasteiger partial charge is 0.312 e. The zero-order valence-electron chi connectivity index (χ0n) is 13.1. The highest BCUT2D eigenvalue weighted by Crippen LogP contribution is 2.39. The van der Waals surface area contributed by atoms with Gasteiger partial charge in [-0.1, -0.05) is 12.8 Å². The quantitative estimate of drug-likeness (QED) is 0.564. The minimum absolute atomic E-state index is 0.0215. The Morgan fingerprint density at radius 3 is 2.59 bits per heavy atom. The van der Waals surface area contributed by atoms with Crippen molar-refractivity contribution in [2.45, 2.75) is 43.5 Å². The van der Waals surface area contributed by atoms with Crippen LogP contribution in [0.2, 0.25) is 0 Å². The van der Waals surface area contributed by atoms with Gasteiger partial charge in [-0.2, -0.15) is 5.06 Å². The van der Waals surface area contributed by atoms with E-state index in [9.17, 15) is 9.59 Å². The van der Waals surface area contributed by atoms with Gasteiger partial charge in [-0.25, -0.2) is 0 Å². The maximum atomic E-state index is 12.1. The summed E-state index contributed by atoms with van der Waals surface area (Å²) >= 11 is 6.51. The maximum Gasteiger partial charge on any atom is 0.312 e. The zero-order valence-corrected chi connectivity index (χ0v) is 13.9. The Hall–Kier alpha value is -0.850. The summed E-state index contributed by atoms with van der Waals surface area (Å²) in [4.78, 5) is 29.1. The van der Waals surface area contributed by atoms with Crippen LogP contribution >= 0.6 is 11.6 Å². The number of hydrogen-bond donors (Lipinski definition) is 0. The molecule has 0 aromatic carbocycles. The van der Waals surface area contributed by atoms with Crippen LogP contribution in [0, 0.1) is 11.8 Å². The summed E-state index contributed by atoms with van der Waals surface area (Å²) in [6.07, 6.45) is 4.35. The highest BCUT2D eigenvalue weighted by molar-refractivity contribution is 6.20. The van der Waals surface area contributed by atoms with Crippen molar-refractivity contribution in [3.63, 3.8) is 0 Å². The number of ether oxygens (including phenoxy) is 2. The third-order valence-electron chi connectivity index (χ3n) is 4.60. The van der Waals surface area contributed by atoms with Gasteiger partial charge in [-0.3, -0.25) is 14.4 Å². The van der Waals surface area contributed by atoms with Crippen molar-refractivity contribution < 1.29 is 23.9 Å². The number of alkyl halides is 1. The van der Waals surface area contributed by atoms with E-state index in [1.54, 1.807) is 5.06 Å². The van der Waals surface area contributed by atoms with Gasteiger partial charge in [-0.15, -0.1) is 11.6 Å². The lowest BCUT2D eigenvalue weighted by molar-refractivity contribution is -0.157. The topological polar surface area (TPSA) is 65.1 Å². The van der Waals surface area contributed by atoms with E-state index < -0.39 is 0 Å². The number of esters is 2. The van der Waals surface area contributed by atoms with Gasteiger partial charge in [0.1, 0.15) is 5.92 Å². The Balaban J connectivity index is 2.10. The molecule has 6 nitrogen and oxygen atoms in total. The minimum Gasteiger partial charge on any atom is -0.469 e. The molecule has 22 heavy (non-hydrogen) atoms. The van der Waals surface area contributed by atoms with Crippen LogP contribution in [0.4, 0.5) is 0 Å². The average Bonchev–Trinajstić information content (AvgIpc) is 2.96. The molecule has 0 aromatic heterocycles. The molecule has 126 valence electrons. The van der Waals surface area contributed by atoms with E-state index in [-0.39, 0.29) is 48.2 Å². The van der Waals surface area contributed by atoms with Gasteiger partial charge in [0.05, 0.1) is 33.3 Å². The van der Waals surface area contributed by atoms with Gasteiger partial charge in [-0.05, 0) is 18.8 Å². The van der Waals surface area contributed by atoms with Gasteiger partial charge in [0, 0.05) is 11.9 Å². The van der Waals surface area contributed by atoms with Crippen molar-refractivity contribution in [3.05, 3.63) is 0 Å². The Labute approximate surface area is 136 Å². The highest BCUT2D eigenvalue weighted by atomic mass is 35.5. The lowest BCUT2D eigenvalue weighted by Gasteiger charge is -2.37. The Morgan fingerprint density at radius 1 is 1.23 bits per heavy atom. The first-order valence-electron chi connectivity index (χ1n) is 7.76. The molecule has 1 saturated heterocycles. The van der Waals surface area contributed by atoms with Crippen LogP contribution in [0.3, 0.4) is 0 Å². The predicted molar refractivity (Wildman–Crippen MR) is 80.2 cm³/mol. The normalized spacial score (nSPS) is 32.7. The van der Waals surface area contributed by atoms with E-state index in [2.05, 4.69) is 4.74 Å². The van der Waals surface area contributed by atoms with E-state index in [1.807, 2.05) is 0 Å². The molecular weight excluding hydrogens is 310 g/mol. The van der Waals surface area contributed by atoms with E-state index >= 15 is 0 Å². The molecule has 0 spiro atoms. The van der Waals surface area contributed by atoms with Gasteiger partial charge in [0.15, 0.2) is 0 Å². The summed E-state index contributed by atoms with van der Waals surface area (Å²) < 4.78 is 9.57.